The van der Waals surface area contributed by atoms with E-state index in [0.29, 0.717) is 30.9 Å². The van der Waals surface area contributed by atoms with Crippen molar-refractivity contribution in [3.8, 4) is 5.75 Å². The molecule has 82 valence electrons. The first-order chi connectivity index (χ1) is 7.29. The molecule has 0 amide bonds. The van der Waals surface area contributed by atoms with E-state index >= 15 is 0 Å². The number of benzene rings is 1. The van der Waals surface area contributed by atoms with E-state index in [9.17, 15) is 4.79 Å². The van der Waals surface area contributed by atoms with Gasteiger partial charge in [-0.1, -0.05) is 12.1 Å². The fraction of sp³-hybridized carbons (Fsp3) is 0.417. The number of ketones is 1. The van der Waals surface area contributed by atoms with Gasteiger partial charge in [-0.25, -0.2) is 0 Å². The number of carbonyl (C=O) groups excluding carboxylic acids is 1. The van der Waals surface area contributed by atoms with Crippen LogP contribution in [0.3, 0.4) is 0 Å². The van der Waals surface area contributed by atoms with Crippen molar-refractivity contribution in [2.24, 2.45) is 0 Å². The van der Waals surface area contributed by atoms with Crippen LogP contribution in [-0.4, -0.2) is 26.1 Å². The quantitative estimate of drug-likeness (QED) is 0.673. The van der Waals surface area contributed by atoms with Crippen LogP contribution in [0.15, 0.2) is 24.3 Å². The van der Waals surface area contributed by atoms with Crippen LogP contribution >= 0.6 is 0 Å². The molecular weight excluding hydrogens is 192 g/mol. The maximum absolute atomic E-state index is 11.7. The van der Waals surface area contributed by atoms with Crippen LogP contribution in [0.1, 0.15) is 23.7 Å². The third kappa shape index (κ3) is 3.36. The Kier molecular flexibility index (Phi) is 4.84. The van der Waals surface area contributed by atoms with Crippen molar-refractivity contribution in [2.45, 2.75) is 13.3 Å². The van der Waals surface area contributed by atoms with Crippen LogP contribution in [-0.2, 0) is 4.74 Å². The lowest BCUT2D eigenvalue weighted by atomic mass is 10.1. The zero-order valence-corrected chi connectivity index (χ0v) is 9.16. The molecule has 1 aromatic carbocycles. The Morgan fingerprint density at radius 1 is 1.33 bits per heavy atom. The summed E-state index contributed by atoms with van der Waals surface area (Å²) in [6.07, 6.45) is 0.389. The zero-order chi connectivity index (χ0) is 11.1. The lowest BCUT2D eigenvalue weighted by Crippen LogP contribution is -2.06. The van der Waals surface area contributed by atoms with Gasteiger partial charge in [0.1, 0.15) is 5.75 Å². The number of Topliss-reactive ketones (excluding diaryl/α,β-unsaturated/α-hetero) is 1. The summed E-state index contributed by atoms with van der Waals surface area (Å²) >= 11 is 0. The molecule has 0 aromatic heterocycles. The van der Waals surface area contributed by atoms with Gasteiger partial charge in [0.25, 0.3) is 0 Å². The molecule has 0 spiro atoms. The van der Waals surface area contributed by atoms with E-state index in [1.165, 1.54) is 0 Å². The highest BCUT2D eigenvalue weighted by atomic mass is 16.5. The van der Waals surface area contributed by atoms with Gasteiger partial charge in [0, 0.05) is 13.5 Å². The molecule has 15 heavy (non-hydrogen) atoms. The molecule has 0 N–H and O–H groups in total. The first-order valence-electron chi connectivity index (χ1n) is 5.03. The summed E-state index contributed by atoms with van der Waals surface area (Å²) in [4.78, 5) is 11.7. The highest BCUT2D eigenvalue weighted by Crippen LogP contribution is 2.19. The van der Waals surface area contributed by atoms with Gasteiger partial charge in [0.05, 0.1) is 18.8 Å². The van der Waals surface area contributed by atoms with E-state index < -0.39 is 0 Å². The first kappa shape index (κ1) is 11.7. The van der Waals surface area contributed by atoms with Crippen LogP contribution in [0.4, 0.5) is 0 Å². The van der Waals surface area contributed by atoms with E-state index in [2.05, 4.69) is 0 Å². The average Bonchev–Trinajstić information content (AvgIpc) is 2.27. The fourth-order valence-corrected chi connectivity index (χ4v) is 1.31. The lowest BCUT2D eigenvalue weighted by molar-refractivity contribution is 0.0928. The molecule has 0 radical (unpaired) electrons. The molecule has 0 unspecified atom stereocenters. The van der Waals surface area contributed by atoms with Crippen molar-refractivity contribution in [3.63, 3.8) is 0 Å². The fourth-order valence-electron chi connectivity index (χ4n) is 1.31. The minimum Gasteiger partial charge on any atom is -0.493 e. The molecule has 1 aromatic rings. The van der Waals surface area contributed by atoms with Crippen molar-refractivity contribution >= 4 is 5.78 Å². The Morgan fingerprint density at radius 2 is 2.07 bits per heavy atom. The second-order valence-corrected chi connectivity index (χ2v) is 3.10. The minimum atomic E-state index is 0.0564. The second kappa shape index (κ2) is 6.19. The van der Waals surface area contributed by atoms with E-state index in [0.717, 1.165) is 0 Å². The molecule has 0 aliphatic heterocycles. The normalized spacial score (nSPS) is 10.0. The monoisotopic (exact) mass is 208 g/mol. The van der Waals surface area contributed by atoms with E-state index in [4.69, 9.17) is 9.47 Å². The number of carbonyl (C=O) groups is 1. The second-order valence-electron chi connectivity index (χ2n) is 3.10. The van der Waals surface area contributed by atoms with Gasteiger partial charge in [-0.15, -0.1) is 0 Å². The van der Waals surface area contributed by atoms with Crippen LogP contribution in [0.2, 0.25) is 0 Å². The largest absolute Gasteiger partial charge is 0.493 e. The number of hydrogen-bond acceptors (Lipinski definition) is 3. The Bertz CT molecular complexity index is 320. The van der Waals surface area contributed by atoms with E-state index in [1.807, 2.05) is 25.1 Å². The summed E-state index contributed by atoms with van der Waals surface area (Å²) in [5.41, 5.74) is 0.636. The first-order valence-corrected chi connectivity index (χ1v) is 5.03. The Hall–Kier alpha value is -1.35. The number of rotatable bonds is 6. The van der Waals surface area contributed by atoms with E-state index in [1.54, 1.807) is 13.2 Å². The molecule has 1 rings (SSSR count). The molecule has 0 atom stereocenters. The number of ether oxygens (including phenoxy) is 2. The van der Waals surface area contributed by atoms with Crippen LogP contribution in [0.5, 0.6) is 5.75 Å². The van der Waals surface area contributed by atoms with Gasteiger partial charge < -0.3 is 9.47 Å². The van der Waals surface area contributed by atoms with Gasteiger partial charge in [0.15, 0.2) is 5.78 Å². The van der Waals surface area contributed by atoms with E-state index in [-0.39, 0.29) is 5.78 Å². The average molecular weight is 208 g/mol. The van der Waals surface area contributed by atoms with Crippen molar-refractivity contribution in [1.29, 1.82) is 0 Å². The smallest absolute Gasteiger partial charge is 0.168 e. The minimum absolute atomic E-state index is 0.0564. The van der Waals surface area contributed by atoms with Gasteiger partial charge in [-0.05, 0) is 19.1 Å². The van der Waals surface area contributed by atoms with Crippen molar-refractivity contribution in [2.75, 3.05) is 20.3 Å². The predicted molar refractivity (Wildman–Crippen MR) is 58.4 cm³/mol. The molecule has 0 aliphatic carbocycles. The Labute approximate surface area is 90.0 Å². The predicted octanol–water partition coefficient (Wildman–Crippen LogP) is 2.30. The van der Waals surface area contributed by atoms with Gasteiger partial charge in [-0.2, -0.15) is 0 Å². The SMILES string of the molecule is CCOc1ccccc1C(=O)CCOC. The zero-order valence-electron chi connectivity index (χ0n) is 9.16. The van der Waals surface area contributed by atoms with Gasteiger partial charge >= 0.3 is 0 Å². The molecule has 3 heteroatoms. The highest BCUT2D eigenvalue weighted by molar-refractivity contribution is 5.98. The molecule has 0 heterocycles. The number of hydrogen-bond donors (Lipinski definition) is 0. The Morgan fingerprint density at radius 3 is 2.73 bits per heavy atom. The molecule has 0 aliphatic rings. The van der Waals surface area contributed by atoms with Crippen molar-refractivity contribution in [3.05, 3.63) is 29.8 Å². The maximum atomic E-state index is 11.7. The summed E-state index contributed by atoms with van der Waals surface area (Å²) < 4.78 is 10.2. The summed E-state index contributed by atoms with van der Waals surface area (Å²) in [7, 11) is 1.59. The maximum Gasteiger partial charge on any atom is 0.168 e. The molecule has 0 saturated carbocycles. The number of methoxy groups -OCH3 is 1. The highest BCUT2D eigenvalue weighted by Gasteiger charge is 2.10. The van der Waals surface area contributed by atoms with Crippen molar-refractivity contribution in [1.82, 2.24) is 0 Å². The summed E-state index contributed by atoms with van der Waals surface area (Å²) in [6.45, 7) is 2.91. The summed E-state index contributed by atoms with van der Waals surface area (Å²) in [5.74, 6) is 0.710. The van der Waals surface area contributed by atoms with Crippen LogP contribution in [0.25, 0.3) is 0 Å². The molecule has 3 nitrogen and oxygen atoms in total. The van der Waals surface area contributed by atoms with Crippen LogP contribution < -0.4 is 4.74 Å². The third-order valence-corrected chi connectivity index (χ3v) is 2.02. The lowest BCUT2D eigenvalue weighted by Gasteiger charge is -2.08. The summed E-state index contributed by atoms with van der Waals surface area (Å²) in [5, 5.41) is 0. The standard InChI is InChI=1S/C12H16O3/c1-3-15-12-7-5-4-6-10(12)11(13)8-9-14-2/h4-7H,3,8-9H2,1-2H3. The van der Waals surface area contributed by atoms with Gasteiger partial charge in [-0.3, -0.25) is 4.79 Å². The van der Waals surface area contributed by atoms with Crippen LogP contribution in [0, 0.1) is 0 Å². The summed E-state index contributed by atoms with van der Waals surface area (Å²) in [6, 6.07) is 7.28. The third-order valence-electron chi connectivity index (χ3n) is 2.02. The molecular formula is C12H16O3. The Balaban J connectivity index is 2.77. The molecule has 0 fully saturated rings. The number of para-hydroxylation sites is 1. The molecule has 0 bridgehead atoms. The van der Waals surface area contributed by atoms with Gasteiger partial charge in [0.2, 0.25) is 0 Å². The molecule has 0 saturated heterocycles. The topological polar surface area (TPSA) is 35.5 Å². The van der Waals surface area contributed by atoms with Crippen molar-refractivity contribution < 1.29 is 14.3 Å².